The average molecular weight is 1000 g/mol. The maximum atomic E-state index is 2.60. The van der Waals surface area contributed by atoms with Crippen molar-refractivity contribution < 1.29 is 0 Å². The Labute approximate surface area is 462 Å². The summed E-state index contributed by atoms with van der Waals surface area (Å²) in [6, 6.07) is 86.2. The van der Waals surface area contributed by atoms with Crippen molar-refractivity contribution in [3.63, 3.8) is 0 Å². The van der Waals surface area contributed by atoms with Crippen molar-refractivity contribution in [1.29, 1.82) is 0 Å². The van der Waals surface area contributed by atoms with E-state index in [0.717, 1.165) is 12.8 Å². The number of rotatable bonds is 2. The Balaban J connectivity index is 0.842. The molecule has 0 fully saturated rings. The second kappa shape index (κ2) is 15.1. The van der Waals surface area contributed by atoms with E-state index in [1.54, 1.807) is 0 Å². The standard InChI is InChI=1S/C79H54/c1-45-21-33-69-61(37-45)62-38-46(2)22-34-70(62)77(69)65-17-9-5-13-53(65)57-29-25-49(41-73(57)77)51-27-31-59-55-15-7-11-19-67(55)79(75(59)43-51)68-20-12-8-16-56(68)60-32-28-52(44-76(60)79)50-26-30-58-54-14-6-10-18-66(54)78(74(58)42-50)71-35-23-47(3)39-63(71)64-40-48(4)24-36-72(64)78/h5-7,9-11,13-44H,8,12H2,1-4H3. The number of fused-ring (bicyclic) bond motifs is 30. The third-order valence-electron chi connectivity index (χ3n) is 20.0. The third kappa shape index (κ3) is 5.23. The molecular formula is C79H54. The summed E-state index contributed by atoms with van der Waals surface area (Å²) in [5, 5.41) is 0. The van der Waals surface area contributed by atoms with Gasteiger partial charge in [-0.1, -0.05) is 229 Å². The Hall–Kier alpha value is -9.10. The van der Waals surface area contributed by atoms with Gasteiger partial charge in [0.25, 0.3) is 0 Å². The number of hydrogen-bond donors (Lipinski definition) is 0. The molecule has 0 bridgehead atoms. The van der Waals surface area contributed by atoms with Crippen LogP contribution in [0.1, 0.15) is 102 Å². The van der Waals surface area contributed by atoms with E-state index in [-0.39, 0.29) is 0 Å². The molecule has 0 heterocycles. The summed E-state index contributed by atoms with van der Waals surface area (Å²) < 4.78 is 0. The van der Waals surface area contributed by atoms with Crippen LogP contribution in [0.4, 0.5) is 0 Å². The monoisotopic (exact) mass is 1000 g/mol. The van der Waals surface area contributed by atoms with Crippen molar-refractivity contribution >= 4 is 5.57 Å². The third-order valence-corrected chi connectivity index (χ3v) is 20.0. The maximum Gasteiger partial charge on any atom is 0.0725 e. The Morgan fingerprint density at radius 3 is 0.911 bits per heavy atom. The Morgan fingerprint density at radius 2 is 0.519 bits per heavy atom. The minimum absolute atomic E-state index is 0.418. The molecule has 18 rings (SSSR count). The first kappa shape index (κ1) is 43.9. The van der Waals surface area contributed by atoms with Gasteiger partial charge in [-0.3, -0.25) is 0 Å². The zero-order chi connectivity index (χ0) is 52.3. The molecule has 3 spiro atoms. The van der Waals surface area contributed by atoms with Gasteiger partial charge in [-0.15, -0.1) is 0 Å². The van der Waals surface area contributed by atoms with E-state index in [1.807, 2.05) is 0 Å². The van der Waals surface area contributed by atoms with Gasteiger partial charge in [0.2, 0.25) is 0 Å². The lowest BCUT2D eigenvalue weighted by Crippen LogP contribution is -2.26. The molecule has 79 heavy (non-hydrogen) atoms. The topological polar surface area (TPSA) is 0 Å². The smallest absolute Gasteiger partial charge is 0.0725 e. The first-order chi connectivity index (χ1) is 38.8. The molecule has 11 aromatic rings. The van der Waals surface area contributed by atoms with E-state index in [2.05, 4.69) is 258 Å². The van der Waals surface area contributed by atoms with Crippen molar-refractivity contribution in [1.82, 2.24) is 0 Å². The fourth-order valence-corrected chi connectivity index (χ4v) is 16.9. The van der Waals surface area contributed by atoms with Crippen LogP contribution in [0.15, 0.2) is 236 Å². The van der Waals surface area contributed by atoms with E-state index in [4.69, 9.17) is 0 Å². The highest BCUT2D eigenvalue weighted by Gasteiger charge is 2.56. The predicted octanol–water partition coefficient (Wildman–Crippen LogP) is 19.4. The minimum atomic E-state index is -0.486. The lowest BCUT2D eigenvalue weighted by atomic mass is 9.68. The van der Waals surface area contributed by atoms with Gasteiger partial charge in [-0.05, 0) is 221 Å². The van der Waals surface area contributed by atoms with Crippen molar-refractivity contribution in [3.8, 4) is 77.9 Å². The molecule has 0 amide bonds. The molecule has 0 aromatic heterocycles. The minimum Gasteiger partial charge on any atom is -0.0788 e. The number of benzene rings is 11. The Bertz CT molecular complexity index is 4610. The van der Waals surface area contributed by atoms with Gasteiger partial charge >= 0.3 is 0 Å². The van der Waals surface area contributed by atoms with Crippen LogP contribution in [0.25, 0.3) is 83.5 Å². The second-order valence-electron chi connectivity index (χ2n) is 23.9. The highest BCUT2D eigenvalue weighted by molar-refractivity contribution is 6.03. The lowest BCUT2D eigenvalue weighted by molar-refractivity contribution is 0.782. The molecule has 0 nitrogen and oxygen atoms in total. The van der Waals surface area contributed by atoms with Crippen molar-refractivity contribution in [2.24, 2.45) is 0 Å². The molecule has 0 heteroatoms. The fraction of sp³-hybridized carbons (Fsp3) is 0.114. The molecule has 1 atom stereocenters. The van der Waals surface area contributed by atoms with Gasteiger partial charge in [0.15, 0.2) is 0 Å². The van der Waals surface area contributed by atoms with Crippen molar-refractivity contribution in [2.45, 2.75) is 56.8 Å². The van der Waals surface area contributed by atoms with Crippen LogP contribution in [0.2, 0.25) is 0 Å². The first-order valence-electron chi connectivity index (χ1n) is 28.5. The van der Waals surface area contributed by atoms with Gasteiger partial charge in [0, 0.05) is 0 Å². The van der Waals surface area contributed by atoms with E-state index < -0.39 is 16.2 Å². The van der Waals surface area contributed by atoms with E-state index in [9.17, 15) is 0 Å². The van der Waals surface area contributed by atoms with Crippen LogP contribution >= 0.6 is 0 Å². The van der Waals surface area contributed by atoms with Gasteiger partial charge in [-0.25, -0.2) is 0 Å². The van der Waals surface area contributed by atoms with E-state index in [1.165, 1.54) is 178 Å². The van der Waals surface area contributed by atoms with Gasteiger partial charge in [0.1, 0.15) is 0 Å². The quantitative estimate of drug-likeness (QED) is 0.162. The largest absolute Gasteiger partial charge is 0.0788 e. The molecule has 370 valence electrons. The van der Waals surface area contributed by atoms with E-state index >= 15 is 0 Å². The second-order valence-corrected chi connectivity index (χ2v) is 23.9. The predicted molar refractivity (Wildman–Crippen MR) is 326 cm³/mol. The summed E-state index contributed by atoms with van der Waals surface area (Å²) >= 11 is 0. The molecule has 0 N–H and O–H groups in total. The summed E-state index contributed by atoms with van der Waals surface area (Å²) in [6.07, 6.45) is 7.21. The zero-order valence-electron chi connectivity index (χ0n) is 44.9. The molecule has 1 unspecified atom stereocenters. The highest BCUT2D eigenvalue weighted by atomic mass is 14.6. The number of hydrogen-bond acceptors (Lipinski definition) is 0. The number of allylic oxidation sites excluding steroid dienone is 4. The van der Waals surface area contributed by atoms with Gasteiger partial charge in [0.05, 0.1) is 16.2 Å². The molecule has 7 aliphatic rings. The molecule has 7 aliphatic carbocycles. The van der Waals surface area contributed by atoms with Crippen LogP contribution in [-0.4, -0.2) is 0 Å². The van der Waals surface area contributed by atoms with Gasteiger partial charge < -0.3 is 0 Å². The summed E-state index contributed by atoms with van der Waals surface area (Å²) in [5.41, 5.74) is 41.7. The van der Waals surface area contributed by atoms with E-state index in [0.29, 0.717) is 0 Å². The molecule has 11 aromatic carbocycles. The molecule has 0 saturated carbocycles. The van der Waals surface area contributed by atoms with Gasteiger partial charge in [-0.2, -0.15) is 0 Å². The van der Waals surface area contributed by atoms with Crippen LogP contribution in [0.5, 0.6) is 0 Å². The molecule has 0 saturated heterocycles. The molecular weight excluding hydrogens is 949 g/mol. The highest BCUT2D eigenvalue weighted by Crippen LogP contribution is 2.68. The SMILES string of the molecule is Cc1ccc2c(c1)-c1cc(C)ccc1C21c2ccccc2-c2ccc(-c3ccc4c(c3)C3(C5=CCCC=C54)c4ccccc4-c4ccc(-c5ccc6c(c5)C5(c7ccccc7-6)c6ccc(C)cc6-c6cc(C)ccc65)cc43)cc21. The molecule has 0 aliphatic heterocycles. The summed E-state index contributed by atoms with van der Waals surface area (Å²) in [7, 11) is 0. The maximum absolute atomic E-state index is 2.60. The van der Waals surface area contributed by atoms with Crippen molar-refractivity contribution in [2.75, 3.05) is 0 Å². The first-order valence-corrected chi connectivity index (χ1v) is 28.5. The summed E-state index contributed by atoms with van der Waals surface area (Å²) in [4.78, 5) is 0. The molecule has 0 radical (unpaired) electrons. The lowest BCUT2D eigenvalue weighted by Gasteiger charge is -2.32. The van der Waals surface area contributed by atoms with Crippen LogP contribution < -0.4 is 0 Å². The van der Waals surface area contributed by atoms with Crippen LogP contribution in [0.3, 0.4) is 0 Å². The zero-order valence-corrected chi connectivity index (χ0v) is 44.9. The Morgan fingerprint density at radius 1 is 0.228 bits per heavy atom. The van der Waals surface area contributed by atoms with Crippen LogP contribution in [-0.2, 0) is 16.2 Å². The average Bonchev–Trinajstić information content (AvgIpc) is 4.43. The summed E-state index contributed by atoms with van der Waals surface area (Å²) in [6.45, 7) is 8.93. The normalized spacial score (nSPS) is 17.4. The van der Waals surface area contributed by atoms with Crippen molar-refractivity contribution in [3.05, 3.63) is 325 Å². The number of aryl methyl sites for hydroxylation is 4. The van der Waals surface area contributed by atoms with Crippen LogP contribution in [0, 0.1) is 27.7 Å². The fourth-order valence-electron chi connectivity index (χ4n) is 16.9. The summed E-state index contributed by atoms with van der Waals surface area (Å²) in [5.74, 6) is 0. The Kier molecular flexibility index (Phi) is 8.42.